The molecule has 5 heteroatoms. The number of carbonyl (C=O) groups excluding carboxylic acids is 1. The minimum absolute atomic E-state index is 0.104. The Bertz CT molecular complexity index is 442. The molecule has 0 spiro atoms. The molecular formula is C12H17ClN2O2. The largest absolute Gasteiger partial charge is 0.367 e. The number of hydrogen-bond acceptors (Lipinski definition) is 3. The lowest BCUT2D eigenvalue weighted by molar-refractivity contribution is -0.128. The van der Waals surface area contributed by atoms with Crippen LogP contribution in [0.5, 0.6) is 0 Å². The Morgan fingerprint density at radius 2 is 2.29 bits per heavy atom. The van der Waals surface area contributed by atoms with Crippen LogP contribution < -0.4 is 0 Å². The third-order valence-electron chi connectivity index (χ3n) is 3.21. The fourth-order valence-electron chi connectivity index (χ4n) is 2.20. The molecule has 2 unspecified atom stereocenters. The summed E-state index contributed by atoms with van der Waals surface area (Å²) in [7, 11) is 1.78. The van der Waals surface area contributed by atoms with Crippen LogP contribution in [-0.2, 0) is 23.0 Å². The summed E-state index contributed by atoms with van der Waals surface area (Å²) in [5, 5.41) is 4.74. The van der Waals surface area contributed by atoms with Gasteiger partial charge in [0.25, 0.3) is 0 Å². The highest BCUT2D eigenvalue weighted by Crippen LogP contribution is 2.24. The maximum absolute atomic E-state index is 12.1. The first-order valence-corrected chi connectivity index (χ1v) is 6.23. The van der Waals surface area contributed by atoms with Crippen molar-refractivity contribution in [3.8, 4) is 0 Å². The maximum atomic E-state index is 12.1. The summed E-state index contributed by atoms with van der Waals surface area (Å²) >= 11 is 6.10. The van der Waals surface area contributed by atoms with Crippen LogP contribution in [0, 0.1) is 6.92 Å². The van der Waals surface area contributed by atoms with Gasteiger partial charge in [-0.25, -0.2) is 0 Å². The van der Waals surface area contributed by atoms with Crippen molar-refractivity contribution >= 4 is 17.4 Å². The molecule has 1 aliphatic rings. The average molecular weight is 257 g/mol. The summed E-state index contributed by atoms with van der Waals surface area (Å²) in [4.78, 5) is 12.1. The molecule has 1 aliphatic heterocycles. The summed E-state index contributed by atoms with van der Waals surface area (Å²) in [6, 6.07) is 0. The van der Waals surface area contributed by atoms with Crippen molar-refractivity contribution in [1.82, 2.24) is 9.78 Å². The number of nitrogens with zero attached hydrogens (tertiary/aromatic N) is 2. The first-order chi connectivity index (χ1) is 7.99. The molecule has 2 rings (SSSR count). The van der Waals surface area contributed by atoms with Crippen LogP contribution in [0.4, 0.5) is 0 Å². The molecule has 0 aromatic carbocycles. The second kappa shape index (κ2) is 4.78. The van der Waals surface area contributed by atoms with Crippen LogP contribution in [0.3, 0.4) is 0 Å². The summed E-state index contributed by atoms with van der Waals surface area (Å²) in [5.41, 5.74) is 1.64. The van der Waals surface area contributed by atoms with E-state index in [9.17, 15) is 4.79 Å². The van der Waals surface area contributed by atoms with Crippen molar-refractivity contribution in [2.45, 2.75) is 45.3 Å². The highest BCUT2D eigenvalue weighted by atomic mass is 35.5. The zero-order valence-corrected chi connectivity index (χ0v) is 11.1. The van der Waals surface area contributed by atoms with Crippen LogP contribution in [0.25, 0.3) is 0 Å². The first-order valence-electron chi connectivity index (χ1n) is 5.85. The van der Waals surface area contributed by atoms with Crippen LogP contribution in [0.1, 0.15) is 31.0 Å². The van der Waals surface area contributed by atoms with Crippen molar-refractivity contribution in [2.75, 3.05) is 0 Å². The molecule has 1 aromatic heterocycles. The van der Waals surface area contributed by atoms with Gasteiger partial charge in [0.1, 0.15) is 11.3 Å². The normalized spacial score (nSPS) is 24.2. The second-order valence-electron chi connectivity index (χ2n) is 4.63. The predicted octanol–water partition coefficient (Wildman–Crippen LogP) is 2.06. The van der Waals surface area contributed by atoms with E-state index in [4.69, 9.17) is 16.3 Å². The van der Waals surface area contributed by atoms with Gasteiger partial charge in [-0.3, -0.25) is 9.48 Å². The predicted molar refractivity (Wildman–Crippen MR) is 65.2 cm³/mol. The van der Waals surface area contributed by atoms with Gasteiger partial charge in [-0.2, -0.15) is 5.10 Å². The van der Waals surface area contributed by atoms with Crippen molar-refractivity contribution in [3.63, 3.8) is 0 Å². The number of hydrogen-bond donors (Lipinski definition) is 0. The number of halogens is 1. The Balaban J connectivity index is 2.08. The fraction of sp³-hybridized carbons (Fsp3) is 0.667. The standard InChI is InChI=1S/C12H17ClN2O2/c1-7-4-5-11(17-7)10(16)6-9-8(2)14-15(3)12(9)13/h7,11H,4-6H2,1-3H3. The Labute approximate surface area is 106 Å². The molecule has 4 nitrogen and oxygen atoms in total. The van der Waals surface area contributed by atoms with Crippen LogP contribution >= 0.6 is 11.6 Å². The fourth-order valence-corrected chi connectivity index (χ4v) is 2.44. The van der Waals surface area contributed by atoms with Gasteiger partial charge in [0, 0.05) is 19.0 Å². The third kappa shape index (κ3) is 2.53. The summed E-state index contributed by atoms with van der Waals surface area (Å²) < 4.78 is 7.16. The minimum Gasteiger partial charge on any atom is -0.367 e. The van der Waals surface area contributed by atoms with Crippen molar-refractivity contribution < 1.29 is 9.53 Å². The van der Waals surface area contributed by atoms with Gasteiger partial charge in [-0.15, -0.1) is 0 Å². The van der Waals surface area contributed by atoms with Gasteiger partial charge in [0.05, 0.1) is 11.8 Å². The number of aryl methyl sites for hydroxylation is 2. The number of ether oxygens (including phenoxy) is 1. The van der Waals surface area contributed by atoms with Crippen molar-refractivity contribution in [1.29, 1.82) is 0 Å². The molecule has 1 fully saturated rings. The van der Waals surface area contributed by atoms with Gasteiger partial charge < -0.3 is 4.74 Å². The Morgan fingerprint density at radius 1 is 1.59 bits per heavy atom. The smallest absolute Gasteiger partial charge is 0.166 e. The van der Waals surface area contributed by atoms with E-state index in [1.165, 1.54) is 0 Å². The Hall–Kier alpha value is -0.870. The lowest BCUT2D eigenvalue weighted by atomic mass is 10.0. The summed E-state index contributed by atoms with van der Waals surface area (Å²) in [5.74, 6) is 0.104. The zero-order chi connectivity index (χ0) is 12.6. The molecule has 0 radical (unpaired) electrons. The maximum Gasteiger partial charge on any atom is 0.166 e. The number of carbonyl (C=O) groups is 1. The molecule has 0 amide bonds. The number of Topliss-reactive ketones (excluding diaryl/α,β-unsaturated/α-hetero) is 1. The minimum atomic E-state index is -0.263. The van der Waals surface area contributed by atoms with E-state index in [1.54, 1.807) is 11.7 Å². The number of ketones is 1. The van der Waals surface area contributed by atoms with E-state index >= 15 is 0 Å². The highest BCUT2D eigenvalue weighted by molar-refractivity contribution is 6.30. The molecule has 1 saturated heterocycles. The first kappa shape index (κ1) is 12.6. The highest BCUT2D eigenvalue weighted by Gasteiger charge is 2.29. The van der Waals surface area contributed by atoms with E-state index in [0.717, 1.165) is 24.1 Å². The molecule has 2 atom stereocenters. The summed E-state index contributed by atoms with van der Waals surface area (Å²) in [6.07, 6.45) is 2.01. The second-order valence-corrected chi connectivity index (χ2v) is 4.99. The van der Waals surface area contributed by atoms with Gasteiger partial charge in [0.15, 0.2) is 5.78 Å². The molecule has 0 N–H and O–H groups in total. The van der Waals surface area contributed by atoms with Gasteiger partial charge in [-0.1, -0.05) is 11.6 Å². The Morgan fingerprint density at radius 3 is 2.76 bits per heavy atom. The van der Waals surface area contributed by atoms with Crippen LogP contribution in [0.2, 0.25) is 5.15 Å². The van der Waals surface area contributed by atoms with E-state index in [0.29, 0.717) is 11.6 Å². The van der Waals surface area contributed by atoms with E-state index in [-0.39, 0.29) is 18.0 Å². The third-order valence-corrected chi connectivity index (χ3v) is 3.68. The number of rotatable bonds is 3. The average Bonchev–Trinajstić information content (AvgIpc) is 2.79. The van der Waals surface area contributed by atoms with Gasteiger partial charge in [0.2, 0.25) is 0 Å². The van der Waals surface area contributed by atoms with E-state index in [2.05, 4.69) is 5.10 Å². The molecule has 2 heterocycles. The van der Waals surface area contributed by atoms with Crippen molar-refractivity contribution in [2.24, 2.45) is 7.05 Å². The lowest BCUT2D eigenvalue weighted by Gasteiger charge is -2.09. The van der Waals surface area contributed by atoms with Crippen LogP contribution in [-0.4, -0.2) is 27.8 Å². The Kier molecular flexibility index (Phi) is 3.54. The number of aromatic nitrogens is 2. The van der Waals surface area contributed by atoms with E-state index in [1.807, 2.05) is 13.8 Å². The van der Waals surface area contributed by atoms with E-state index < -0.39 is 0 Å². The van der Waals surface area contributed by atoms with Gasteiger partial charge >= 0.3 is 0 Å². The lowest BCUT2D eigenvalue weighted by Crippen LogP contribution is -2.22. The SMILES string of the molecule is Cc1nn(C)c(Cl)c1CC(=O)C1CCC(C)O1. The van der Waals surface area contributed by atoms with Crippen molar-refractivity contribution in [3.05, 3.63) is 16.4 Å². The molecule has 0 aliphatic carbocycles. The molecule has 0 saturated carbocycles. The molecular weight excluding hydrogens is 240 g/mol. The summed E-state index contributed by atoms with van der Waals surface area (Å²) in [6.45, 7) is 3.86. The zero-order valence-electron chi connectivity index (χ0n) is 10.4. The molecule has 17 heavy (non-hydrogen) atoms. The van der Waals surface area contributed by atoms with Gasteiger partial charge in [-0.05, 0) is 26.7 Å². The quantitative estimate of drug-likeness (QED) is 0.832. The van der Waals surface area contributed by atoms with Crippen LogP contribution in [0.15, 0.2) is 0 Å². The molecule has 1 aromatic rings. The molecule has 94 valence electrons. The molecule has 0 bridgehead atoms. The monoisotopic (exact) mass is 256 g/mol. The topological polar surface area (TPSA) is 44.1 Å².